The highest BCUT2D eigenvalue weighted by Gasteiger charge is 2.47. The van der Waals surface area contributed by atoms with Crippen molar-refractivity contribution in [2.75, 3.05) is 5.32 Å². The third kappa shape index (κ3) is 3.81. The summed E-state index contributed by atoms with van der Waals surface area (Å²) in [4.78, 5) is 12.8. The molecule has 4 rings (SSSR count). The highest BCUT2D eigenvalue weighted by molar-refractivity contribution is 6.30. The summed E-state index contributed by atoms with van der Waals surface area (Å²) in [7, 11) is 0. The first-order valence-electron chi connectivity index (χ1n) is 10.0. The van der Waals surface area contributed by atoms with E-state index in [-0.39, 0.29) is 10.7 Å². The Kier molecular flexibility index (Phi) is 5.09. The molecule has 1 fully saturated rings. The molecular weight excluding hydrogens is 420 g/mol. The molecule has 0 spiro atoms. The lowest BCUT2D eigenvalue weighted by atomic mass is 9.83. The number of nitrogens with one attached hydrogen (secondary N) is 1. The van der Waals surface area contributed by atoms with E-state index in [0.29, 0.717) is 34.5 Å². The van der Waals surface area contributed by atoms with Gasteiger partial charge in [0, 0.05) is 23.1 Å². The molecular formula is C23H22ClF2N5. The third-order valence-corrected chi connectivity index (χ3v) is 6.04. The fraction of sp³-hybridized carbons (Fsp3) is 0.391. The second-order valence-electron chi connectivity index (χ2n) is 8.99. The van der Waals surface area contributed by atoms with Crippen LogP contribution in [0.1, 0.15) is 50.3 Å². The van der Waals surface area contributed by atoms with Crippen molar-refractivity contribution < 1.29 is 8.78 Å². The van der Waals surface area contributed by atoms with Gasteiger partial charge in [-0.15, -0.1) is 0 Å². The molecule has 1 aromatic carbocycles. The van der Waals surface area contributed by atoms with E-state index in [2.05, 4.69) is 26.3 Å². The van der Waals surface area contributed by atoms with E-state index in [4.69, 9.17) is 11.6 Å². The van der Waals surface area contributed by atoms with E-state index in [1.807, 2.05) is 6.07 Å². The summed E-state index contributed by atoms with van der Waals surface area (Å²) >= 11 is 6.31. The van der Waals surface area contributed by atoms with Gasteiger partial charge in [-0.2, -0.15) is 5.26 Å². The number of nitriles is 1. The van der Waals surface area contributed by atoms with Gasteiger partial charge in [-0.05, 0) is 30.5 Å². The van der Waals surface area contributed by atoms with Gasteiger partial charge in [0.05, 0.1) is 16.9 Å². The van der Waals surface area contributed by atoms with Crippen molar-refractivity contribution >= 4 is 28.5 Å². The summed E-state index contributed by atoms with van der Waals surface area (Å²) in [5, 5.41) is 13.6. The normalized spacial score (nSPS) is 15.5. The molecule has 1 aliphatic rings. The van der Waals surface area contributed by atoms with Crippen LogP contribution in [-0.4, -0.2) is 15.0 Å². The van der Waals surface area contributed by atoms with Gasteiger partial charge in [-0.3, -0.25) is 0 Å². The number of hydrogen-bond acceptors (Lipinski definition) is 5. The molecule has 0 aliphatic heterocycles. The molecule has 31 heavy (non-hydrogen) atoms. The number of hydrogen-bond donors (Lipinski definition) is 1. The topological polar surface area (TPSA) is 74.5 Å². The average Bonchev–Trinajstić information content (AvgIpc) is 3.52. The van der Waals surface area contributed by atoms with Crippen molar-refractivity contribution in [3.8, 4) is 6.07 Å². The maximum absolute atomic E-state index is 14.8. The van der Waals surface area contributed by atoms with Crippen LogP contribution in [0.4, 0.5) is 14.6 Å². The van der Waals surface area contributed by atoms with Crippen molar-refractivity contribution in [1.29, 1.82) is 5.26 Å². The number of nitrogens with zero attached hydrogens (tertiary/aromatic N) is 4. The predicted molar refractivity (Wildman–Crippen MR) is 116 cm³/mol. The van der Waals surface area contributed by atoms with Crippen molar-refractivity contribution in [2.24, 2.45) is 5.41 Å². The first-order chi connectivity index (χ1) is 14.6. The standard InChI is InChI=1S/C23H22ClF2N5/c1-21(2,3)23(25,26)15-6-4-5-14(9-15)11-28-19-16-10-17(22(12-27)7-8-22)18(24)31-20(16)30-13-29-19/h4-6,9-10,13H,7-8,11H2,1-3H3,(H,28,29,30,31). The largest absolute Gasteiger partial charge is 0.365 e. The first-order valence-corrected chi connectivity index (χ1v) is 10.4. The zero-order valence-electron chi connectivity index (χ0n) is 17.5. The Hall–Kier alpha value is -2.85. The summed E-state index contributed by atoms with van der Waals surface area (Å²) in [6.07, 6.45) is 2.85. The number of fused-ring (bicyclic) bond motifs is 1. The molecule has 160 valence electrons. The molecule has 0 saturated heterocycles. The van der Waals surface area contributed by atoms with Gasteiger partial charge >= 0.3 is 0 Å². The van der Waals surface area contributed by atoms with Crippen LogP contribution in [0.3, 0.4) is 0 Å². The smallest absolute Gasteiger partial charge is 0.277 e. The number of aromatic nitrogens is 3. The molecule has 8 heteroatoms. The number of halogens is 3. The van der Waals surface area contributed by atoms with Gasteiger partial charge in [0.25, 0.3) is 5.92 Å². The quantitative estimate of drug-likeness (QED) is 0.492. The van der Waals surface area contributed by atoms with Crippen molar-refractivity contribution in [3.05, 3.63) is 58.5 Å². The number of rotatable bonds is 5. The van der Waals surface area contributed by atoms with Crippen molar-refractivity contribution in [3.63, 3.8) is 0 Å². The van der Waals surface area contributed by atoms with Crippen LogP contribution < -0.4 is 5.32 Å². The van der Waals surface area contributed by atoms with Crippen LogP contribution in [0.15, 0.2) is 36.7 Å². The minimum absolute atomic E-state index is 0.0210. The fourth-order valence-corrected chi connectivity index (χ4v) is 3.82. The highest BCUT2D eigenvalue weighted by Crippen LogP contribution is 2.50. The van der Waals surface area contributed by atoms with Gasteiger partial charge < -0.3 is 5.32 Å². The number of benzene rings is 1. The highest BCUT2D eigenvalue weighted by atomic mass is 35.5. The number of pyridine rings is 1. The Morgan fingerprint density at radius 3 is 2.58 bits per heavy atom. The molecule has 0 bridgehead atoms. The van der Waals surface area contributed by atoms with Gasteiger partial charge in [0.15, 0.2) is 5.65 Å². The van der Waals surface area contributed by atoms with E-state index in [1.54, 1.807) is 12.1 Å². The lowest BCUT2D eigenvalue weighted by Gasteiger charge is -2.31. The predicted octanol–water partition coefficient (Wildman–Crippen LogP) is 5.98. The van der Waals surface area contributed by atoms with E-state index < -0.39 is 16.8 Å². The second kappa shape index (κ2) is 7.38. The summed E-state index contributed by atoms with van der Waals surface area (Å²) in [6.45, 7) is 4.86. The van der Waals surface area contributed by atoms with E-state index in [0.717, 1.165) is 12.8 Å². The lowest BCUT2D eigenvalue weighted by molar-refractivity contribution is -0.104. The molecule has 1 N–H and O–H groups in total. The summed E-state index contributed by atoms with van der Waals surface area (Å²) < 4.78 is 29.5. The van der Waals surface area contributed by atoms with Crippen LogP contribution >= 0.6 is 11.6 Å². The average molecular weight is 442 g/mol. The molecule has 2 heterocycles. The Morgan fingerprint density at radius 2 is 1.94 bits per heavy atom. The molecule has 1 aliphatic carbocycles. The van der Waals surface area contributed by atoms with Crippen LogP contribution in [0.5, 0.6) is 0 Å². The Labute approximate surface area is 184 Å². The molecule has 0 amide bonds. The minimum atomic E-state index is -2.96. The fourth-order valence-electron chi connectivity index (χ4n) is 3.50. The van der Waals surface area contributed by atoms with Crippen LogP contribution in [-0.2, 0) is 17.9 Å². The van der Waals surface area contributed by atoms with Crippen LogP contribution in [0.25, 0.3) is 11.0 Å². The van der Waals surface area contributed by atoms with Crippen LogP contribution in [0, 0.1) is 16.7 Å². The number of anilines is 1. The summed E-state index contributed by atoms with van der Waals surface area (Å²) in [6, 6.07) is 10.5. The van der Waals surface area contributed by atoms with Gasteiger partial charge in [-0.1, -0.05) is 50.6 Å². The number of alkyl halides is 2. The summed E-state index contributed by atoms with van der Waals surface area (Å²) in [5.41, 5.74) is -0.0266. The Balaban J connectivity index is 1.64. The first kappa shape index (κ1) is 21.4. The lowest BCUT2D eigenvalue weighted by Crippen LogP contribution is -2.31. The van der Waals surface area contributed by atoms with E-state index in [1.165, 1.54) is 39.2 Å². The SMILES string of the molecule is CC(C)(C)C(F)(F)c1cccc(CNc2ncnc3nc(Cl)c(C4(C#N)CC4)cc23)c1. The molecule has 1 saturated carbocycles. The van der Waals surface area contributed by atoms with Crippen LogP contribution in [0.2, 0.25) is 5.15 Å². The molecule has 0 unspecified atom stereocenters. The monoisotopic (exact) mass is 441 g/mol. The van der Waals surface area contributed by atoms with Gasteiger partial charge in [-0.25, -0.2) is 23.7 Å². The molecule has 0 radical (unpaired) electrons. The maximum Gasteiger partial charge on any atom is 0.277 e. The molecule has 5 nitrogen and oxygen atoms in total. The third-order valence-electron chi connectivity index (χ3n) is 5.75. The zero-order chi connectivity index (χ0) is 22.4. The second-order valence-corrected chi connectivity index (χ2v) is 9.35. The molecule has 0 atom stereocenters. The maximum atomic E-state index is 14.8. The van der Waals surface area contributed by atoms with Crippen molar-refractivity contribution in [1.82, 2.24) is 15.0 Å². The van der Waals surface area contributed by atoms with Gasteiger partial charge in [0.2, 0.25) is 0 Å². The Bertz CT molecular complexity index is 1190. The zero-order valence-corrected chi connectivity index (χ0v) is 18.3. The van der Waals surface area contributed by atoms with E-state index >= 15 is 0 Å². The molecule has 2 aromatic heterocycles. The van der Waals surface area contributed by atoms with E-state index in [9.17, 15) is 14.0 Å². The van der Waals surface area contributed by atoms with Crippen molar-refractivity contribution in [2.45, 2.75) is 51.5 Å². The molecule has 3 aromatic rings. The minimum Gasteiger partial charge on any atom is -0.365 e. The Morgan fingerprint density at radius 1 is 1.19 bits per heavy atom. The van der Waals surface area contributed by atoms with Gasteiger partial charge in [0.1, 0.15) is 17.3 Å². The summed E-state index contributed by atoms with van der Waals surface area (Å²) in [5.74, 6) is -2.45.